The molecule has 3 N–H and O–H groups in total. The quantitative estimate of drug-likeness (QED) is 0.710. The Morgan fingerprint density at radius 3 is 2.65 bits per heavy atom. The van der Waals surface area contributed by atoms with Gasteiger partial charge < -0.3 is 16.0 Å². The summed E-state index contributed by atoms with van der Waals surface area (Å²) in [7, 11) is 0. The number of amides is 2. The van der Waals surface area contributed by atoms with E-state index in [1.54, 1.807) is 0 Å². The molecular formula is C15H21N3O2. The first kappa shape index (κ1) is 14.5. The van der Waals surface area contributed by atoms with Crippen molar-refractivity contribution in [3.8, 4) is 0 Å². The van der Waals surface area contributed by atoms with E-state index in [4.69, 9.17) is 0 Å². The number of hydrogen-bond donors (Lipinski definition) is 3. The van der Waals surface area contributed by atoms with Gasteiger partial charge in [0.25, 0.3) is 0 Å². The number of carbonyl (C=O) groups excluding carboxylic acids is 2. The summed E-state index contributed by atoms with van der Waals surface area (Å²) in [6.45, 7) is 1.51. The minimum absolute atomic E-state index is 0.0401. The molecule has 0 aromatic heterocycles. The molecule has 1 unspecified atom stereocenters. The van der Waals surface area contributed by atoms with Gasteiger partial charge in [0.2, 0.25) is 11.8 Å². The van der Waals surface area contributed by atoms with E-state index in [0.29, 0.717) is 13.0 Å². The molecule has 20 heavy (non-hydrogen) atoms. The van der Waals surface area contributed by atoms with Gasteiger partial charge in [0.05, 0.1) is 6.54 Å². The van der Waals surface area contributed by atoms with Crippen molar-refractivity contribution in [1.82, 2.24) is 16.0 Å². The van der Waals surface area contributed by atoms with Crippen molar-refractivity contribution in [3.05, 3.63) is 35.9 Å². The molecule has 1 aromatic carbocycles. The fourth-order valence-corrected chi connectivity index (χ4v) is 2.26. The molecule has 1 aliphatic rings. The molecule has 0 radical (unpaired) electrons. The van der Waals surface area contributed by atoms with Gasteiger partial charge in [-0.15, -0.1) is 0 Å². The molecule has 0 bridgehead atoms. The Labute approximate surface area is 119 Å². The summed E-state index contributed by atoms with van der Waals surface area (Å²) in [4.78, 5) is 23.3. The lowest BCUT2D eigenvalue weighted by Crippen LogP contribution is -2.38. The van der Waals surface area contributed by atoms with Crippen LogP contribution in [0.5, 0.6) is 0 Å². The zero-order valence-electron chi connectivity index (χ0n) is 11.5. The van der Waals surface area contributed by atoms with Gasteiger partial charge in [-0.25, -0.2) is 0 Å². The first-order valence-corrected chi connectivity index (χ1v) is 7.05. The van der Waals surface area contributed by atoms with Crippen LogP contribution in [0.3, 0.4) is 0 Å². The normalized spacial score (nSPS) is 17.7. The fourth-order valence-electron chi connectivity index (χ4n) is 2.26. The summed E-state index contributed by atoms with van der Waals surface area (Å²) in [5.41, 5.74) is 1.04. The van der Waals surface area contributed by atoms with Crippen LogP contribution in [0.2, 0.25) is 0 Å². The van der Waals surface area contributed by atoms with Crippen molar-refractivity contribution in [2.24, 2.45) is 0 Å². The molecular weight excluding hydrogens is 254 g/mol. The Kier molecular flexibility index (Phi) is 5.55. The van der Waals surface area contributed by atoms with Crippen molar-refractivity contribution in [2.45, 2.75) is 31.8 Å². The molecule has 2 amide bonds. The lowest BCUT2D eigenvalue weighted by atomic mass is 10.1. The van der Waals surface area contributed by atoms with E-state index < -0.39 is 0 Å². The lowest BCUT2D eigenvalue weighted by Gasteiger charge is -2.10. The van der Waals surface area contributed by atoms with Gasteiger partial charge in [0.1, 0.15) is 0 Å². The Hall–Kier alpha value is -1.88. The van der Waals surface area contributed by atoms with Crippen LogP contribution in [-0.4, -0.2) is 30.9 Å². The molecule has 108 valence electrons. The number of hydrogen-bond acceptors (Lipinski definition) is 3. The molecule has 1 aliphatic heterocycles. The average Bonchev–Trinajstić information content (AvgIpc) is 2.97. The third-order valence-corrected chi connectivity index (χ3v) is 3.37. The van der Waals surface area contributed by atoms with Crippen LogP contribution >= 0.6 is 0 Å². The van der Waals surface area contributed by atoms with Crippen LogP contribution < -0.4 is 16.0 Å². The monoisotopic (exact) mass is 275 g/mol. The van der Waals surface area contributed by atoms with E-state index in [2.05, 4.69) is 16.0 Å². The predicted molar refractivity (Wildman–Crippen MR) is 76.9 cm³/mol. The highest BCUT2D eigenvalue weighted by atomic mass is 16.2. The van der Waals surface area contributed by atoms with Gasteiger partial charge in [0.15, 0.2) is 0 Å². The van der Waals surface area contributed by atoms with Crippen LogP contribution in [0.1, 0.15) is 24.8 Å². The van der Waals surface area contributed by atoms with Crippen LogP contribution in [0.25, 0.3) is 0 Å². The van der Waals surface area contributed by atoms with E-state index in [-0.39, 0.29) is 24.4 Å². The second kappa shape index (κ2) is 7.65. The standard InChI is InChI=1S/C15H21N3O2/c19-14(9-13-7-4-8-16-13)18-11-15(20)17-10-12-5-2-1-3-6-12/h1-3,5-6,13,16H,4,7-11H2,(H,17,20)(H,18,19). The molecule has 5 nitrogen and oxygen atoms in total. The van der Waals surface area contributed by atoms with Crippen LogP contribution in [0.4, 0.5) is 0 Å². The Balaban J connectivity index is 1.61. The minimum atomic E-state index is -0.165. The highest BCUT2D eigenvalue weighted by Gasteiger charge is 2.17. The zero-order chi connectivity index (χ0) is 14.2. The topological polar surface area (TPSA) is 70.2 Å². The van der Waals surface area contributed by atoms with Gasteiger partial charge in [-0.05, 0) is 24.9 Å². The second-order valence-electron chi connectivity index (χ2n) is 5.04. The lowest BCUT2D eigenvalue weighted by molar-refractivity contribution is -0.126. The van der Waals surface area contributed by atoms with Crippen molar-refractivity contribution < 1.29 is 9.59 Å². The summed E-state index contributed by atoms with van der Waals surface area (Å²) >= 11 is 0. The van der Waals surface area contributed by atoms with E-state index in [9.17, 15) is 9.59 Å². The summed E-state index contributed by atoms with van der Waals surface area (Å²) in [6.07, 6.45) is 2.61. The Bertz CT molecular complexity index is 442. The maximum absolute atomic E-state index is 11.6. The summed E-state index contributed by atoms with van der Waals surface area (Å²) in [6, 6.07) is 9.95. The fraction of sp³-hybridized carbons (Fsp3) is 0.467. The second-order valence-corrected chi connectivity index (χ2v) is 5.04. The van der Waals surface area contributed by atoms with Crippen LogP contribution in [0.15, 0.2) is 30.3 Å². The summed E-state index contributed by atoms with van der Waals surface area (Å²) < 4.78 is 0. The molecule has 0 saturated carbocycles. The van der Waals surface area contributed by atoms with Gasteiger partial charge >= 0.3 is 0 Å². The van der Waals surface area contributed by atoms with E-state index in [1.165, 1.54) is 0 Å². The highest BCUT2D eigenvalue weighted by Crippen LogP contribution is 2.07. The summed E-state index contributed by atoms with van der Waals surface area (Å²) in [5, 5.41) is 8.69. The SMILES string of the molecule is O=C(CNC(=O)CC1CCCN1)NCc1ccccc1. The van der Waals surface area contributed by atoms with E-state index in [0.717, 1.165) is 24.9 Å². The number of rotatable bonds is 6. The molecule has 5 heteroatoms. The van der Waals surface area contributed by atoms with E-state index in [1.807, 2.05) is 30.3 Å². The van der Waals surface area contributed by atoms with Gasteiger partial charge in [-0.2, -0.15) is 0 Å². The number of benzene rings is 1. The first-order chi connectivity index (χ1) is 9.74. The average molecular weight is 275 g/mol. The first-order valence-electron chi connectivity index (χ1n) is 7.05. The third-order valence-electron chi connectivity index (χ3n) is 3.37. The Morgan fingerprint density at radius 2 is 1.95 bits per heavy atom. The van der Waals surface area contributed by atoms with Crippen molar-refractivity contribution in [1.29, 1.82) is 0 Å². The van der Waals surface area contributed by atoms with Gasteiger partial charge in [-0.1, -0.05) is 30.3 Å². The maximum Gasteiger partial charge on any atom is 0.239 e. The molecule has 1 atom stereocenters. The zero-order valence-corrected chi connectivity index (χ0v) is 11.5. The third kappa shape index (κ3) is 5.01. The predicted octanol–water partition coefficient (Wildman–Crippen LogP) is 0.561. The smallest absolute Gasteiger partial charge is 0.239 e. The Morgan fingerprint density at radius 1 is 1.15 bits per heavy atom. The minimum Gasteiger partial charge on any atom is -0.350 e. The molecule has 1 heterocycles. The molecule has 1 fully saturated rings. The van der Waals surface area contributed by atoms with Crippen molar-refractivity contribution >= 4 is 11.8 Å². The summed E-state index contributed by atoms with van der Waals surface area (Å²) in [5.74, 6) is -0.235. The molecule has 0 spiro atoms. The van der Waals surface area contributed by atoms with Gasteiger partial charge in [0, 0.05) is 19.0 Å². The largest absolute Gasteiger partial charge is 0.350 e. The number of carbonyl (C=O) groups is 2. The molecule has 2 rings (SSSR count). The molecule has 1 aromatic rings. The van der Waals surface area contributed by atoms with E-state index >= 15 is 0 Å². The van der Waals surface area contributed by atoms with Crippen molar-refractivity contribution in [2.75, 3.05) is 13.1 Å². The van der Waals surface area contributed by atoms with Crippen LogP contribution in [0, 0.1) is 0 Å². The maximum atomic E-state index is 11.6. The number of nitrogens with one attached hydrogen (secondary N) is 3. The van der Waals surface area contributed by atoms with Crippen molar-refractivity contribution in [3.63, 3.8) is 0 Å². The molecule has 1 saturated heterocycles. The molecule has 0 aliphatic carbocycles. The van der Waals surface area contributed by atoms with Gasteiger partial charge in [-0.3, -0.25) is 9.59 Å². The van der Waals surface area contributed by atoms with Crippen LogP contribution in [-0.2, 0) is 16.1 Å². The highest BCUT2D eigenvalue weighted by molar-refractivity contribution is 5.84.